The molecule has 0 saturated heterocycles. The number of fused-ring (bicyclic) bond motifs is 1. The molecule has 1 aromatic heterocycles. The third-order valence-electron chi connectivity index (χ3n) is 4.17. The van der Waals surface area contributed by atoms with Crippen LogP contribution in [0.1, 0.15) is 51.8 Å². The van der Waals surface area contributed by atoms with E-state index in [4.69, 9.17) is 0 Å². The predicted molar refractivity (Wildman–Crippen MR) is 80.4 cm³/mol. The summed E-state index contributed by atoms with van der Waals surface area (Å²) in [5.74, 6) is 1.56. The van der Waals surface area contributed by atoms with Crippen LogP contribution in [0.3, 0.4) is 0 Å². The summed E-state index contributed by atoms with van der Waals surface area (Å²) in [6, 6.07) is 0. The first-order valence-corrected chi connectivity index (χ1v) is 8.05. The van der Waals surface area contributed by atoms with E-state index in [-0.39, 0.29) is 5.92 Å². The lowest BCUT2D eigenvalue weighted by Crippen LogP contribution is -2.40. The number of rotatable bonds is 7. The first-order chi connectivity index (χ1) is 9.76. The van der Waals surface area contributed by atoms with Gasteiger partial charge in [0, 0.05) is 44.4 Å². The second kappa shape index (κ2) is 7.46. The van der Waals surface area contributed by atoms with Crippen LogP contribution in [0.15, 0.2) is 12.4 Å². The molecule has 0 aliphatic carbocycles. The molecule has 4 nitrogen and oxygen atoms in total. The Morgan fingerprint density at radius 2 is 2.05 bits per heavy atom. The van der Waals surface area contributed by atoms with Gasteiger partial charge in [0.2, 0.25) is 5.91 Å². The molecule has 0 N–H and O–H groups in total. The molecule has 2 heterocycles. The maximum atomic E-state index is 12.7. The molecule has 1 amide bonds. The Morgan fingerprint density at radius 1 is 1.35 bits per heavy atom. The van der Waals surface area contributed by atoms with E-state index in [1.165, 1.54) is 0 Å². The number of carbonyl (C=O) groups excluding carboxylic acids is 1. The van der Waals surface area contributed by atoms with Crippen LogP contribution in [0.5, 0.6) is 0 Å². The van der Waals surface area contributed by atoms with Crippen LogP contribution in [0.25, 0.3) is 0 Å². The molecule has 20 heavy (non-hydrogen) atoms. The maximum absolute atomic E-state index is 12.7. The van der Waals surface area contributed by atoms with Gasteiger partial charge >= 0.3 is 0 Å². The van der Waals surface area contributed by atoms with Crippen LogP contribution >= 0.6 is 0 Å². The molecule has 1 unspecified atom stereocenters. The van der Waals surface area contributed by atoms with Crippen LogP contribution in [0.2, 0.25) is 0 Å². The molecular weight excluding hydrogens is 250 g/mol. The number of hydrogen-bond acceptors (Lipinski definition) is 2. The zero-order chi connectivity index (χ0) is 14.4. The Balaban J connectivity index is 1.96. The highest BCUT2D eigenvalue weighted by Gasteiger charge is 2.28. The van der Waals surface area contributed by atoms with Gasteiger partial charge in [0.1, 0.15) is 5.82 Å². The number of aryl methyl sites for hydroxylation is 1. The molecule has 0 saturated carbocycles. The number of aromatic nitrogens is 2. The monoisotopic (exact) mass is 277 g/mol. The summed E-state index contributed by atoms with van der Waals surface area (Å²) in [4.78, 5) is 19.2. The average molecular weight is 277 g/mol. The number of hydrogen-bond donors (Lipinski definition) is 0. The summed E-state index contributed by atoms with van der Waals surface area (Å²) < 4.78 is 2.17. The third-order valence-corrected chi connectivity index (χ3v) is 4.17. The fourth-order valence-corrected chi connectivity index (χ4v) is 2.85. The minimum atomic E-state index is 0.138. The Labute approximate surface area is 122 Å². The van der Waals surface area contributed by atoms with E-state index in [0.717, 1.165) is 64.0 Å². The zero-order valence-corrected chi connectivity index (χ0v) is 12.8. The maximum Gasteiger partial charge on any atom is 0.226 e. The van der Waals surface area contributed by atoms with Gasteiger partial charge in [0.25, 0.3) is 0 Å². The molecule has 0 fully saturated rings. The van der Waals surface area contributed by atoms with E-state index >= 15 is 0 Å². The molecule has 0 bridgehead atoms. The van der Waals surface area contributed by atoms with Crippen LogP contribution in [0, 0.1) is 5.92 Å². The first-order valence-electron chi connectivity index (χ1n) is 8.05. The van der Waals surface area contributed by atoms with Crippen molar-refractivity contribution >= 4 is 5.91 Å². The molecule has 2 rings (SSSR count). The third kappa shape index (κ3) is 3.62. The summed E-state index contributed by atoms with van der Waals surface area (Å²) in [7, 11) is 0. The predicted octanol–water partition coefficient (Wildman–Crippen LogP) is 2.87. The van der Waals surface area contributed by atoms with Crippen molar-refractivity contribution in [1.29, 1.82) is 0 Å². The van der Waals surface area contributed by atoms with Gasteiger partial charge in [0.05, 0.1) is 0 Å². The number of unbranched alkanes of at least 4 members (excludes halogenated alkanes) is 2. The largest absolute Gasteiger partial charge is 0.342 e. The molecule has 0 aromatic carbocycles. The van der Waals surface area contributed by atoms with Crippen molar-refractivity contribution in [2.24, 2.45) is 5.92 Å². The minimum Gasteiger partial charge on any atom is -0.342 e. The molecule has 112 valence electrons. The van der Waals surface area contributed by atoms with E-state index in [1.54, 1.807) is 0 Å². The van der Waals surface area contributed by atoms with Crippen LogP contribution in [0.4, 0.5) is 0 Å². The lowest BCUT2D eigenvalue weighted by Gasteiger charge is -2.29. The van der Waals surface area contributed by atoms with E-state index in [2.05, 4.69) is 28.3 Å². The van der Waals surface area contributed by atoms with Gasteiger partial charge in [-0.2, -0.15) is 0 Å². The Kier molecular flexibility index (Phi) is 5.62. The van der Waals surface area contributed by atoms with Crippen molar-refractivity contribution in [3.8, 4) is 0 Å². The minimum absolute atomic E-state index is 0.138. The van der Waals surface area contributed by atoms with Crippen molar-refractivity contribution in [3.05, 3.63) is 18.2 Å². The number of nitrogens with zero attached hydrogens (tertiary/aromatic N) is 3. The Hall–Kier alpha value is -1.32. The number of imidazole rings is 1. The zero-order valence-electron chi connectivity index (χ0n) is 12.8. The highest BCUT2D eigenvalue weighted by atomic mass is 16.2. The van der Waals surface area contributed by atoms with Crippen LogP contribution in [-0.2, 0) is 17.8 Å². The quantitative estimate of drug-likeness (QED) is 0.768. The van der Waals surface area contributed by atoms with Gasteiger partial charge in [-0.3, -0.25) is 4.79 Å². The van der Waals surface area contributed by atoms with Crippen molar-refractivity contribution in [1.82, 2.24) is 14.5 Å². The van der Waals surface area contributed by atoms with Crippen molar-refractivity contribution in [2.75, 3.05) is 13.1 Å². The van der Waals surface area contributed by atoms with Crippen molar-refractivity contribution in [2.45, 2.75) is 58.9 Å². The van der Waals surface area contributed by atoms with Gasteiger partial charge in [-0.05, 0) is 19.3 Å². The van der Waals surface area contributed by atoms with Crippen LogP contribution in [-0.4, -0.2) is 33.4 Å². The highest BCUT2D eigenvalue weighted by molar-refractivity contribution is 5.79. The molecule has 1 atom stereocenters. The standard InChI is InChI=1S/C16H27N3O/c1-3-5-9-19(10-6-4-2)16(20)14-7-11-18-12-8-17-15(18)13-14/h8,12,14H,3-7,9-11,13H2,1-2H3. The van der Waals surface area contributed by atoms with Gasteiger partial charge in [-0.25, -0.2) is 4.98 Å². The molecule has 1 aliphatic rings. The molecular formula is C16H27N3O. The summed E-state index contributed by atoms with van der Waals surface area (Å²) in [5.41, 5.74) is 0. The van der Waals surface area contributed by atoms with Crippen molar-refractivity contribution in [3.63, 3.8) is 0 Å². The Morgan fingerprint density at radius 3 is 2.70 bits per heavy atom. The normalized spacial score (nSPS) is 17.8. The second-order valence-corrected chi connectivity index (χ2v) is 5.76. The summed E-state index contributed by atoms with van der Waals surface area (Å²) in [6.45, 7) is 7.13. The lowest BCUT2D eigenvalue weighted by atomic mass is 9.96. The fourth-order valence-electron chi connectivity index (χ4n) is 2.85. The van der Waals surface area contributed by atoms with Gasteiger partial charge in [0.15, 0.2) is 0 Å². The first kappa shape index (κ1) is 15.1. The van der Waals surface area contributed by atoms with E-state index in [1.807, 2.05) is 12.4 Å². The van der Waals surface area contributed by atoms with Gasteiger partial charge in [-0.15, -0.1) is 0 Å². The van der Waals surface area contributed by atoms with Gasteiger partial charge < -0.3 is 9.47 Å². The smallest absolute Gasteiger partial charge is 0.226 e. The average Bonchev–Trinajstić information content (AvgIpc) is 2.94. The summed E-state index contributed by atoms with van der Waals surface area (Å²) in [6.07, 6.45) is 10.1. The molecule has 0 spiro atoms. The van der Waals surface area contributed by atoms with Crippen LogP contribution < -0.4 is 0 Å². The van der Waals surface area contributed by atoms with E-state index < -0.39 is 0 Å². The van der Waals surface area contributed by atoms with Crippen molar-refractivity contribution < 1.29 is 4.79 Å². The molecule has 0 radical (unpaired) electrons. The fraction of sp³-hybridized carbons (Fsp3) is 0.750. The number of carbonyl (C=O) groups is 1. The second-order valence-electron chi connectivity index (χ2n) is 5.76. The Bertz CT molecular complexity index is 419. The lowest BCUT2D eigenvalue weighted by molar-refractivity contribution is -0.136. The molecule has 4 heteroatoms. The highest BCUT2D eigenvalue weighted by Crippen LogP contribution is 2.21. The topological polar surface area (TPSA) is 38.1 Å². The van der Waals surface area contributed by atoms with E-state index in [9.17, 15) is 4.79 Å². The summed E-state index contributed by atoms with van der Waals surface area (Å²) in [5, 5.41) is 0. The van der Waals surface area contributed by atoms with Gasteiger partial charge in [-0.1, -0.05) is 26.7 Å². The summed E-state index contributed by atoms with van der Waals surface area (Å²) >= 11 is 0. The SMILES string of the molecule is CCCCN(CCCC)C(=O)C1CCn2ccnc2C1. The number of amides is 1. The molecule has 1 aliphatic heterocycles. The molecule has 1 aromatic rings. The van der Waals surface area contributed by atoms with E-state index in [0.29, 0.717) is 5.91 Å².